The van der Waals surface area contributed by atoms with Crippen LogP contribution in [-0.2, 0) is 16.0 Å². The highest BCUT2D eigenvalue weighted by molar-refractivity contribution is 5.69. The number of methoxy groups -OCH3 is 2. The molecule has 0 aliphatic carbocycles. The van der Waals surface area contributed by atoms with Crippen LogP contribution in [-0.4, -0.2) is 44.5 Å². The molecule has 5 nitrogen and oxygen atoms in total. The minimum atomic E-state index is -0.705. The van der Waals surface area contributed by atoms with Gasteiger partial charge in [-0.15, -0.1) is 0 Å². The van der Waals surface area contributed by atoms with E-state index in [4.69, 9.17) is 4.74 Å². The van der Waals surface area contributed by atoms with E-state index in [1.54, 1.807) is 7.11 Å². The third-order valence-electron chi connectivity index (χ3n) is 2.76. The second-order valence-electron chi connectivity index (χ2n) is 4.24. The summed E-state index contributed by atoms with van der Waals surface area (Å²) in [4.78, 5) is 10.9. The van der Waals surface area contributed by atoms with E-state index in [9.17, 15) is 9.90 Å². The number of carbonyl (C=O) groups is 1. The maximum atomic E-state index is 10.9. The molecule has 0 aromatic heterocycles. The highest BCUT2D eigenvalue weighted by Crippen LogP contribution is 2.11. The Labute approximate surface area is 113 Å². The summed E-state index contributed by atoms with van der Waals surface area (Å²) in [5.41, 5.74) is 1.19. The Balaban J connectivity index is 2.17. The number of ether oxygens (including phenoxy) is 2. The first-order valence-electron chi connectivity index (χ1n) is 6.24. The third kappa shape index (κ3) is 6.22. The molecule has 0 spiro atoms. The molecule has 0 saturated carbocycles. The summed E-state index contributed by atoms with van der Waals surface area (Å²) in [5, 5.41) is 12.6. The summed E-state index contributed by atoms with van der Waals surface area (Å²) in [7, 11) is 2.95. The van der Waals surface area contributed by atoms with Gasteiger partial charge >= 0.3 is 5.97 Å². The van der Waals surface area contributed by atoms with Gasteiger partial charge in [0.05, 0.1) is 26.7 Å². The molecule has 106 valence electrons. The van der Waals surface area contributed by atoms with Crippen molar-refractivity contribution in [1.82, 2.24) is 5.32 Å². The van der Waals surface area contributed by atoms with Crippen LogP contribution in [0.25, 0.3) is 0 Å². The molecule has 0 bridgehead atoms. The number of nitrogens with one attached hydrogen (secondary N) is 1. The molecule has 5 heteroatoms. The minimum absolute atomic E-state index is 0.0199. The van der Waals surface area contributed by atoms with Crippen LogP contribution in [0.3, 0.4) is 0 Å². The monoisotopic (exact) mass is 267 g/mol. The van der Waals surface area contributed by atoms with Gasteiger partial charge in [0.25, 0.3) is 0 Å². The molecule has 0 amide bonds. The van der Waals surface area contributed by atoms with Gasteiger partial charge in [-0.25, -0.2) is 0 Å². The molecule has 0 aliphatic heterocycles. The summed E-state index contributed by atoms with van der Waals surface area (Å²) < 4.78 is 9.56. The molecule has 1 rings (SSSR count). The molecule has 0 aliphatic rings. The minimum Gasteiger partial charge on any atom is -0.497 e. The molecular formula is C14H21NO4. The van der Waals surface area contributed by atoms with Crippen molar-refractivity contribution < 1.29 is 19.4 Å². The lowest BCUT2D eigenvalue weighted by molar-refractivity contribution is -0.142. The lowest BCUT2D eigenvalue weighted by Crippen LogP contribution is -2.30. The average Bonchev–Trinajstić information content (AvgIpc) is 2.44. The van der Waals surface area contributed by atoms with Crippen LogP contribution in [0.1, 0.15) is 12.0 Å². The second-order valence-corrected chi connectivity index (χ2v) is 4.24. The van der Waals surface area contributed by atoms with Gasteiger partial charge in [0.1, 0.15) is 5.75 Å². The smallest absolute Gasteiger partial charge is 0.308 e. The maximum Gasteiger partial charge on any atom is 0.308 e. The van der Waals surface area contributed by atoms with E-state index in [1.807, 2.05) is 24.3 Å². The Bertz CT molecular complexity index is 378. The van der Waals surface area contributed by atoms with Crippen molar-refractivity contribution in [3.8, 4) is 5.75 Å². The SMILES string of the molecule is COC(=O)CC(O)CNCCc1ccc(OC)cc1. The summed E-state index contributed by atoms with van der Waals surface area (Å²) >= 11 is 0. The number of hydrogen-bond acceptors (Lipinski definition) is 5. The van der Waals surface area contributed by atoms with Crippen LogP contribution in [0.15, 0.2) is 24.3 Å². The van der Waals surface area contributed by atoms with Crippen molar-refractivity contribution in [2.24, 2.45) is 0 Å². The molecule has 0 radical (unpaired) electrons. The molecule has 0 saturated heterocycles. The average molecular weight is 267 g/mol. The summed E-state index contributed by atoms with van der Waals surface area (Å²) in [6.07, 6.45) is 0.171. The van der Waals surface area contributed by atoms with E-state index in [0.29, 0.717) is 6.54 Å². The number of rotatable bonds is 8. The molecule has 0 heterocycles. The fourth-order valence-electron chi connectivity index (χ4n) is 1.64. The summed E-state index contributed by atoms with van der Waals surface area (Å²) in [6, 6.07) is 7.85. The molecule has 1 atom stereocenters. The summed E-state index contributed by atoms with van der Waals surface area (Å²) in [5.74, 6) is 0.440. The highest BCUT2D eigenvalue weighted by atomic mass is 16.5. The van der Waals surface area contributed by atoms with Crippen molar-refractivity contribution in [3.63, 3.8) is 0 Å². The second kappa shape index (κ2) is 8.50. The van der Waals surface area contributed by atoms with Gasteiger partial charge in [0.15, 0.2) is 0 Å². The summed E-state index contributed by atoms with van der Waals surface area (Å²) in [6.45, 7) is 1.12. The quantitative estimate of drug-likeness (QED) is 0.537. The fraction of sp³-hybridized carbons (Fsp3) is 0.500. The van der Waals surface area contributed by atoms with Crippen molar-refractivity contribution in [2.75, 3.05) is 27.3 Å². The number of aliphatic hydroxyl groups excluding tert-OH is 1. The van der Waals surface area contributed by atoms with Crippen LogP contribution in [0.5, 0.6) is 5.75 Å². The number of carbonyl (C=O) groups excluding carboxylic acids is 1. The normalized spacial score (nSPS) is 11.9. The highest BCUT2D eigenvalue weighted by Gasteiger charge is 2.09. The Hall–Kier alpha value is -1.59. The van der Waals surface area contributed by atoms with Gasteiger partial charge in [-0.2, -0.15) is 0 Å². The third-order valence-corrected chi connectivity index (χ3v) is 2.76. The molecule has 1 aromatic carbocycles. The van der Waals surface area contributed by atoms with E-state index in [0.717, 1.165) is 18.7 Å². The first kappa shape index (κ1) is 15.5. The Morgan fingerprint density at radius 2 is 2.00 bits per heavy atom. The predicted molar refractivity (Wildman–Crippen MR) is 72.2 cm³/mol. The van der Waals surface area contributed by atoms with E-state index in [1.165, 1.54) is 12.7 Å². The van der Waals surface area contributed by atoms with Crippen LogP contribution < -0.4 is 10.1 Å². The first-order valence-corrected chi connectivity index (χ1v) is 6.24. The van der Waals surface area contributed by atoms with Gasteiger partial charge in [-0.3, -0.25) is 4.79 Å². The number of aliphatic hydroxyl groups is 1. The van der Waals surface area contributed by atoms with E-state index < -0.39 is 12.1 Å². The van der Waals surface area contributed by atoms with E-state index in [-0.39, 0.29) is 6.42 Å². The standard InChI is InChI=1S/C14H21NO4/c1-18-13-5-3-11(4-6-13)7-8-15-10-12(16)9-14(17)19-2/h3-6,12,15-16H,7-10H2,1-2H3. The lowest BCUT2D eigenvalue weighted by atomic mass is 10.1. The molecule has 0 fully saturated rings. The van der Waals surface area contributed by atoms with Crippen LogP contribution in [0, 0.1) is 0 Å². The Kier molecular flexibility index (Phi) is 6.92. The van der Waals surface area contributed by atoms with Gasteiger partial charge in [0.2, 0.25) is 0 Å². The predicted octanol–water partition coefficient (Wildman–Crippen LogP) is 0.751. The maximum absolute atomic E-state index is 10.9. The van der Waals surface area contributed by atoms with E-state index in [2.05, 4.69) is 10.1 Å². The first-order chi connectivity index (χ1) is 9.15. The molecule has 2 N–H and O–H groups in total. The van der Waals surface area contributed by atoms with Crippen molar-refractivity contribution >= 4 is 5.97 Å². The van der Waals surface area contributed by atoms with Crippen molar-refractivity contribution in [2.45, 2.75) is 18.9 Å². The fourth-order valence-corrected chi connectivity index (χ4v) is 1.64. The zero-order valence-electron chi connectivity index (χ0n) is 11.4. The molecule has 1 aromatic rings. The Morgan fingerprint density at radius 3 is 2.58 bits per heavy atom. The van der Waals surface area contributed by atoms with Gasteiger partial charge in [-0.1, -0.05) is 12.1 Å². The van der Waals surface area contributed by atoms with Gasteiger partial charge in [0, 0.05) is 6.54 Å². The zero-order chi connectivity index (χ0) is 14.1. The number of benzene rings is 1. The van der Waals surface area contributed by atoms with Crippen LogP contribution >= 0.6 is 0 Å². The topological polar surface area (TPSA) is 67.8 Å². The van der Waals surface area contributed by atoms with Gasteiger partial charge in [-0.05, 0) is 30.7 Å². The zero-order valence-corrected chi connectivity index (χ0v) is 11.4. The van der Waals surface area contributed by atoms with Crippen LogP contribution in [0.2, 0.25) is 0 Å². The van der Waals surface area contributed by atoms with Crippen molar-refractivity contribution in [1.29, 1.82) is 0 Å². The Morgan fingerprint density at radius 1 is 1.32 bits per heavy atom. The number of hydrogen-bond donors (Lipinski definition) is 2. The molecule has 1 unspecified atom stereocenters. The lowest BCUT2D eigenvalue weighted by Gasteiger charge is -2.10. The van der Waals surface area contributed by atoms with Crippen molar-refractivity contribution in [3.05, 3.63) is 29.8 Å². The molecular weight excluding hydrogens is 246 g/mol. The van der Waals surface area contributed by atoms with Crippen LogP contribution in [0.4, 0.5) is 0 Å². The van der Waals surface area contributed by atoms with E-state index >= 15 is 0 Å². The number of esters is 1. The largest absolute Gasteiger partial charge is 0.497 e. The molecule has 19 heavy (non-hydrogen) atoms. The van der Waals surface area contributed by atoms with Gasteiger partial charge < -0.3 is 19.9 Å².